The molecule has 0 spiro atoms. The molecule has 0 amide bonds. The third-order valence-corrected chi connectivity index (χ3v) is 6.93. The largest absolute Gasteiger partial charge is 0.317 e. The first-order valence-electron chi connectivity index (χ1n) is 7.95. The van der Waals surface area contributed by atoms with E-state index in [1.165, 1.54) is 6.42 Å². The molecule has 0 radical (unpaired) electrons. The molecule has 1 unspecified atom stereocenters. The van der Waals surface area contributed by atoms with E-state index in [0.29, 0.717) is 0 Å². The lowest BCUT2D eigenvalue weighted by Crippen LogP contribution is -2.49. The molecule has 1 aliphatic heterocycles. The summed E-state index contributed by atoms with van der Waals surface area (Å²) in [4.78, 5) is 0. The minimum Gasteiger partial charge on any atom is -0.317 e. The Morgan fingerprint density at radius 3 is 2.00 bits per heavy atom. The number of nitrogens with zero attached hydrogens (tertiary/aromatic N) is 2. The van der Waals surface area contributed by atoms with Crippen LogP contribution in [-0.4, -0.2) is 56.3 Å². The molecule has 118 valence electrons. The average Bonchev–Trinajstić information content (AvgIpc) is 2.75. The van der Waals surface area contributed by atoms with E-state index in [9.17, 15) is 8.42 Å². The van der Waals surface area contributed by atoms with Crippen LogP contribution in [0.15, 0.2) is 0 Å². The van der Waals surface area contributed by atoms with Crippen molar-refractivity contribution < 1.29 is 8.42 Å². The summed E-state index contributed by atoms with van der Waals surface area (Å²) < 4.78 is 28.8. The van der Waals surface area contributed by atoms with Crippen LogP contribution in [0.3, 0.4) is 0 Å². The van der Waals surface area contributed by atoms with Crippen LogP contribution in [-0.2, 0) is 10.2 Å². The van der Waals surface area contributed by atoms with E-state index in [2.05, 4.69) is 5.32 Å². The van der Waals surface area contributed by atoms with Gasteiger partial charge in [0.15, 0.2) is 0 Å². The Morgan fingerprint density at radius 2 is 1.35 bits per heavy atom. The molecule has 0 bridgehead atoms. The highest BCUT2D eigenvalue weighted by atomic mass is 32.2. The first-order chi connectivity index (χ1) is 9.53. The lowest BCUT2D eigenvalue weighted by molar-refractivity contribution is 0.251. The van der Waals surface area contributed by atoms with Crippen LogP contribution in [0.1, 0.15) is 51.4 Å². The van der Waals surface area contributed by atoms with E-state index in [-0.39, 0.29) is 12.1 Å². The second-order valence-corrected chi connectivity index (χ2v) is 8.21. The Kier molecular flexibility index (Phi) is 5.84. The van der Waals surface area contributed by atoms with Gasteiger partial charge in [-0.2, -0.15) is 17.0 Å². The van der Waals surface area contributed by atoms with Gasteiger partial charge in [-0.15, -0.1) is 0 Å². The molecule has 1 atom stereocenters. The molecule has 0 aromatic carbocycles. The standard InChI is InChI=1S/C14H29N3O2S/c1-16(13-7-4-3-5-8-13)20(18,19)17(2)14-9-6-11-15-12-10-14/h13-15H,3-12H2,1-2H3. The second kappa shape index (κ2) is 7.20. The van der Waals surface area contributed by atoms with E-state index >= 15 is 0 Å². The van der Waals surface area contributed by atoms with Crippen molar-refractivity contribution >= 4 is 10.2 Å². The van der Waals surface area contributed by atoms with Crippen LogP contribution in [0.2, 0.25) is 0 Å². The molecule has 0 aromatic heterocycles. The van der Waals surface area contributed by atoms with Crippen molar-refractivity contribution in [3.8, 4) is 0 Å². The topological polar surface area (TPSA) is 52.7 Å². The first-order valence-corrected chi connectivity index (χ1v) is 9.35. The van der Waals surface area contributed by atoms with Gasteiger partial charge in [-0.25, -0.2) is 0 Å². The van der Waals surface area contributed by atoms with Crippen molar-refractivity contribution in [2.75, 3.05) is 27.2 Å². The lowest BCUT2D eigenvalue weighted by Gasteiger charge is -2.35. The summed E-state index contributed by atoms with van der Waals surface area (Å²) in [6.45, 7) is 1.92. The normalized spacial score (nSPS) is 26.9. The molecular weight excluding hydrogens is 274 g/mol. The minimum absolute atomic E-state index is 0.140. The Morgan fingerprint density at radius 1 is 0.800 bits per heavy atom. The quantitative estimate of drug-likeness (QED) is 0.858. The van der Waals surface area contributed by atoms with Crippen molar-refractivity contribution in [3.05, 3.63) is 0 Å². The molecule has 1 saturated carbocycles. The van der Waals surface area contributed by atoms with Crippen molar-refractivity contribution in [2.24, 2.45) is 0 Å². The fourth-order valence-corrected chi connectivity index (χ4v) is 4.97. The van der Waals surface area contributed by atoms with Crippen molar-refractivity contribution in [3.63, 3.8) is 0 Å². The van der Waals surface area contributed by atoms with Gasteiger partial charge in [-0.05, 0) is 45.2 Å². The average molecular weight is 303 g/mol. The van der Waals surface area contributed by atoms with Gasteiger partial charge in [0.05, 0.1) is 0 Å². The van der Waals surface area contributed by atoms with E-state index in [1.54, 1.807) is 22.7 Å². The minimum atomic E-state index is -3.32. The van der Waals surface area contributed by atoms with E-state index < -0.39 is 10.2 Å². The highest BCUT2D eigenvalue weighted by Crippen LogP contribution is 2.26. The molecule has 1 saturated heterocycles. The van der Waals surface area contributed by atoms with E-state index in [0.717, 1.165) is 58.0 Å². The van der Waals surface area contributed by atoms with Gasteiger partial charge < -0.3 is 5.32 Å². The maximum Gasteiger partial charge on any atom is 0.281 e. The molecule has 1 N–H and O–H groups in total. The van der Waals surface area contributed by atoms with Crippen molar-refractivity contribution in [2.45, 2.75) is 63.5 Å². The maximum atomic E-state index is 12.8. The van der Waals surface area contributed by atoms with Gasteiger partial charge in [-0.1, -0.05) is 19.3 Å². The predicted molar refractivity (Wildman–Crippen MR) is 81.8 cm³/mol. The highest BCUT2D eigenvalue weighted by molar-refractivity contribution is 7.86. The predicted octanol–water partition coefficient (Wildman–Crippen LogP) is 1.57. The number of nitrogens with one attached hydrogen (secondary N) is 1. The smallest absolute Gasteiger partial charge is 0.281 e. The summed E-state index contributed by atoms with van der Waals surface area (Å²) in [6.07, 6.45) is 8.50. The molecule has 1 aliphatic carbocycles. The van der Waals surface area contributed by atoms with Gasteiger partial charge in [-0.3, -0.25) is 0 Å². The second-order valence-electron chi connectivity index (χ2n) is 6.17. The monoisotopic (exact) mass is 303 g/mol. The Balaban J connectivity index is 2.03. The van der Waals surface area contributed by atoms with E-state index in [4.69, 9.17) is 0 Å². The van der Waals surface area contributed by atoms with Crippen molar-refractivity contribution in [1.82, 2.24) is 13.9 Å². The molecular formula is C14H29N3O2S. The zero-order valence-electron chi connectivity index (χ0n) is 12.8. The summed E-state index contributed by atoms with van der Waals surface area (Å²) >= 11 is 0. The SMILES string of the molecule is CN(C1CCCCC1)S(=O)(=O)N(C)C1CCCNCC1. The number of hydrogen-bond donors (Lipinski definition) is 1. The Labute approximate surface area is 123 Å². The zero-order valence-corrected chi connectivity index (χ0v) is 13.7. The lowest BCUT2D eigenvalue weighted by atomic mass is 9.96. The Bertz CT molecular complexity index is 385. The van der Waals surface area contributed by atoms with Gasteiger partial charge in [0.25, 0.3) is 10.2 Å². The van der Waals surface area contributed by atoms with E-state index in [1.807, 2.05) is 0 Å². The molecule has 0 aromatic rings. The number of hydrogen-bond acceptors (Lipinski definition) is 3. The van der Waals surface area contributed by atoms with Gasteiger partial charge in [0.1, 0.15) is 0 Å². The van der Waals surface area contributed by atoms with Crippen LogP contribution in [0.25, 0.3) is 0 Å². The fourth-order valence-electron chi connectivity index (χ4n) is 3.39. The van der Waals surface area contributed by atoms with Crippen LogP contribution < -0.4 is 5.32 Å². The molecule has 5 nitrogen and oxygen atoms in total. The van der Waals surface area contributed by atoms with Crippen LogP contribution in [0.4, 0.5) is 0 Å². The molecule has 2 fully saturated rings. The van der Waals surface area contributed by atoms with Crippen molar-refractivity contribution in [1.29, 1.82) is 0 Å². The van der Waals surface area contributed by atoms with Gasteiger partial charge in [0.2, 0.25) is 0 Å². The molecule has 2 rings (SSSR count). The summed E-state index contributed by atoms with van der Waals surface area (Å²) in [5.41, 5.74) is 0. The molecule has 2 aliphatic rings. The third-order valence-electron chi connectivity index (χ3n) is 4.88. The summed E-state index contributed by atoms with van der Waals surface area (Å²) in [7, 11) is 0.200. The Hall–Kier alpha value is -0.170. The molecule has 1 heterocycles. The number of rotatable bonds is 4. The molecule has 20 heavy (non-hydrogen) atoms. The van der Waals surface area contributed by atoms with Crippen LogP contribution in [0, 0.1) is 0 Å². The fraction of sp³-hybridized carbons (Fsp3) is 1.00. The van der Waals surface area contributed by atoms with Gasteiger partial charge >= 0.3 is 0 Å². The van der Waals surface area contributed by atoms with Crippen LogP contribution in [0.5, 0.6) is 0 Å². The maximum absolute atomic E-state index is 12.8. The third kappa shape index (κ3) is 3.72. The molecule has 6 heteroatoms. The summed E-state index contributed by atoms with van der Waals surface area (Å²) in [5, 5.41) is 3.34. The van der Waals surface area contributed by atoms with Crippen LogP contribution >= 0.6 is 0 Å². The summed E-state index contributed by atoms with van der Waals surface area (Å²) in [6, 6.07) is 0.334. The first kappa shape index (κ1) is 16.2. The highest BCUT2D eigenvalue weighted by Gasteiger charge is 2.34. The zero-order chi connectivity index (χ0) is 14.6. The summed E-state index contributed by atoms with van der Waals surface area (Å²) in [5.74, 6) is 0. The van der Waals surface area contributed by atoms with Gasteiger partial charge in [0, 0.05) is 26.2 Å².